The van der Waals surface area contributed by atoms with Crippen LogP contribution in [0.3, 0.4) is 0 Å². The van der Waals surface area contributed by atoms with Crippen LogP contribution in [0, 0.1) is 0 Å². The molecule has 1 atom stereocenters. The molecule has 86 valence electrons. The minimum absolute atomic E-state index is 0.256. The number of aryl methyl sites for hydroxylation is 1. The molecule has 0 radical (unpaired) electrons. The van der Waals surface area contributed by atoms with Crippen LogP contribution < -0.4 is 5.32 Å². The lowest BCUT2D eigenvalue weighted by molar-refractivity contribution is 0.634. The van der Waals surface area contributed by atoms with Crippen LogP contribution in [0.1, 0.15) is 36.0 Å². The summed E-state index contributed by atoms with van der Waals surface area (Å²) in [6.07, 6.45) is 0.942. The molecule has 1 N–H and O–H groups in total. The van der Waals surface area contributed by atoms with E-state index in [1.807, 2.05) is 0 Å². The Morgan fingerprint density at radius 2 is 2.31 bits per heavy atom. The Bertz CT molecular complexity index is 422. The second kappa shape index (κ2) is 5.52. The molecule has 0 amide bonds. The summed E-state index contributed by atoms with van der Waals surface area (Å²) in [5.41, 5.74) is 2.43. The summed E-state index contributed by atoms with van der Waals surface area (Å²) in [6.45, 7) is 5.19. The van der Waals surface area contributed by atoms with Crippen LogP contribution in [0.15, 0.2) is 16.8 Å². The monoisotopic (exact) mass is 253 g/mol. The quantitative estimate of drug-likeness (QED) is 0.890. The van der Waals surface area contributed by atoms with Crippen LogP contribution in [0.4, 0.5) is 0 Å². The van der Waals surface area contributed by atoms with Crippen molar-refractivity contribution >= 4 is 22.9 Å². The van der Waals surface area contributed by atoms with Gasteiger partial charge >= 0.3 is 0 Å². The van der Waals surface area contributed by atoms with Crippen molar-refractivity contribution in [2.75, 3.05) is 6.54 Å². The highest BCUT2D eigenvalue weighted by Crippen LogP contribution is 2.28. The Morgan fingerprint density at radius 3 is 2.94 bits per heavy atom. The number of rotatable bonds is 5. The summed E-state index contributed by atoms with van der Waals surface area (Å²) >= 11 is 3.23. The Labute approximate surface area is 104 Å². The third-order valence-electron chi connectivity index (χ3n) is 2.47. The number of nitrogens with zero attached hydrogens (tertiary/aromatic N) is 2. The van der Waals surface area contributed by atoms with E-state index in [-0.39, 0.29) is 6.04 Å². The molecule has 0 bridgehead atoms. The number of thiophene rings is 1. The van der Waals surface area contributed by atoms with Crippen molar-refractivity contribution in [1.29, 1.82) is 0 Å². The zero-order valence-electron chi connectivity index (χ0n) is 9.43. The van der Waals surface area contributed by atoms with Gasteiger partial charge in [-0.15, -0.1) is 5.10 Å². The average molecular weight is 253 g/mol. The van der Waals surface area contributed by atoms with Crippen molar-refractivity contribution < 1.29 is 0 Å². The van der Waals surface area contributed by atoms with Gasteiger partial charge in [0.05, 0.1) is 16.6 Å². The molecule has 0 fully saturated rings. The first-order chi connectivity index (χ1) is 7.86. The Balaban J connectivity index is 2.33. The van der Waals surface area contributed by atoms with E-state index in [1.54, 1.807) is 11.3 Å². The van der Waals surface area contributed by atoms with Gasteiger partial charge in [-0.1, -0.05) is 18.3 Å². The molecule has 0 aromatic carbocycles. The van der Waals surface area contributed by atoms with Gasteiger partial charge in [0.1, 0.15) is 0 Å². The fourth-order valence-electron chi connectivity index (χ4n) is 1.69. The first-order valence-corrected chi connectivity index (χ1v) is 7.15. The van der Waals surface area contributed by atoms with Gasteiger partial charge < -0.3 is 5.32 Å². The highest BCUT2D eigenvalue weighted by molar-refractivity contribution is 7.08. The molecule has 0 aliphatic heterocycles. The zero-order chi connectivity index (χ0) is 11.4. The van der Waals surface area contributed by atoms with Crippen LogP contribution in [-0.4, -0.2) is 16.1 Å². The number of hydrogen-bond acceptors (Lipinski definition) is 5. The fourth-order valence-corrected chi connectivity index (χ4v) is 3.21. The summed E-state index contributed by atoms with van der Waals surface area (Å²) in [4.78, 5) is 1.25. The first kappa shape index (κ1) is 11.7. The Morgan fingerprint density at radius 1 is 1.44 bits per heavy atom. The molecule has 2 aromatic rings. The lowest BCUT2D eigenvalue weighted by atomic mass is 10.1. The van der Waals surface area contributed by atoms with E-state index in [4.69, 9.17) is 0 Å². The smallest absolute Gasteiger partial charge is 0.0804 e. The van der Waals surface area contributed by atoms with E-state index in [2.05, 4.69) is 45.6 Å². The van der Waals surface area contributed by atoms with E-state index in [0.29, 0.717) is 0 Å². The molecule has 2 heterocycles. The normalized spacial score (nSPS) is 12.9. The summed E-state index contributed by atoms with van der Waals surface area (Å²) in [5.74, 6) is 0. The lowest BCUT2D eigenvalue weighted by Crippen LogP contribution is -2.21. The summed E-state index contributed by atoms with van der Waals surface area (Å²) in [5, 5.41) is 12.0. The first-order valence-electron chi connectivity index (χ1n) is 5.43. The third kappa shape index (κ3) is 2.31. The Hall–Kier alpha value is -0.780. The molecule has 1 unspecified atom stereocenters. The summed E-state index contributed by atoms with van der Waals surface area (Å²) in [6, 6.07) is 2.42. The zero-order valence-corrected chi connectivity index (χ0v) is 11.1. The largest absolute Gasteiger partial charge is 0.306 e. The molecule has 3 nitrogen and oxygen atoms in total. The van der Waals surface area contributed by atoms with Crippen molar-refractivity contribution in [3.05, 3.63) is 33.0 Å². The molecule has 0 saturated carbocycles. The van der Waals surface area contributed by atoms with Crippen molar-refractivity contribution in [2.24, 2.45) is 0 Å². The summed E-state index contributed by atoms with van der Waals surface area (Å²) in [7, 11) is 0. The van der Waals surface area contributed by atoms with E-state index >= 15 is 0 Å². The predicted molar refractivity (Wildman–Crippen MR) is 69.1 cm³/mol. The molecule has 2 rings (SSSR count). The lowest BCUT2D eigenvalue weighted by Gasteiger charge is -2.15. The maximum absolute atomic E-state index is 4.18. The van der Waals surface area contributed by atoms with Crippen molar-refractivity contribution in [1.82, 2.24) is 14.9 Å². The predicted octanol–water partition coefficient (Wildman–Crippen LogP) is 2.86. The number of hydrogen-bond donors (Lipinski definition) is 1. The van der Waals surface area contributed by atoms with Gasteiger partial charge in [-0.05, 0) is 46.9 Å². The SMILES string of the molecule is CCNC(c1ccsc1)c1snnc1CC. The molecule has 16 heavy (non-hydrogen) atoms. The maximum Gasteiger partial charge on any atom is 0.0804 e. The van der Waals surface area contributed by atoms with Crippen LogP contribution in [0.2, 0.25) is 0 Å². The molecular formula is C11H15N3S2. The second-order valence-corrected chi connectivity index (χ2v) is 5.05. The molecule has 0 saturated heterocycles. The average Bonchev–Trinajstić information content (AvgIpc) is 2.96. The van der Waals surface area contributed by atoms with Gasteiger partial charge in [0, 0.05) is 0 Å². The van der Waals surface area contributed by atoms with Crippen LogP contribution >= 0.6 is 22.9 Å². The maximum atomic E-state index is 4.18. The van der Waals surface area contributed by atoms with E-state index < -0.39 is 0 Å². The van der Waals surface area contributed by atoms with E-state index in [9.17, 15) is 0 Å². The fraction of sp³-hybridized carbons (Fsp3) is 0.455. The van der Waals surface area contributed by atoms with Crippen molar-refractivity contribution in [3.8, 4) is 0 Å². The summed E-state index contributed by atoms with van der Waals surface area (Å²) < 4.78 is 4.06. The van der Waals surface area contributed by atoms with Crippen LogP contribution in [-0.2, 0) is 6.42 Å². The molecule has 0 spiro atoms. The molecule has 0 aliphatic carbocycles. The van der Waals surface area contributed by atoms with Gasteiger partial charge in [0.2, 0.25) is 0 Å². The molecule has 5 heteroatoms. The standard InChI is InChI=1S/C11H15N3S2/c1-3-9-11(16-14-13-9)10(12-4-2)8-5-6-15-7-8/h5-7,10,12H,3-4H2,1-2H3. The minimum Gasteiger partial charge on any atom is -0.306 e. The molecule has 0 aliphatic rings. The van der Waals surface area contributed by atoms with Gasteiger partial charge in [0.25, 0.3) is 0 Å². The minimum atomic E-state index is 0.256. The van der Waals surface area contributed by atoms with Gasteiger partial charge in [-0.25, -0.2) is 0 Å². The van der Waals surface area contributed by atoms with Gasteiger partial charge in [0.15, 0.2) is 0 Å². The highest BCUT2D eigenvalue weighted by Gasteiger charge is 2.19. The van der Waals surface area contributed by atoms with Crippen LogP contribution in [0.5, 0.6) is 0 Å². The number of aromatic nitrogens is 2. The van der Waals surface area contributed by atoms with Gasteiger partial charge in [-0.2, -0.15) is 11.3 Å². The van der Waals surface area contributed by atoms with Crippen molar-refractivity contribution in [2.45, 2.75) is 26.3 Å². The molecule has 2 aromatic heterocycles. The van der Waals surface area contributed by atoms with E-state index in [1.165, 1.54) is 22.0 Å². The second-order valence-electron chi connectivity index (χ2n) is 3.48. The number of nitrogens with one attached hydrogen (secondary N) is 1. The van der Waals surface area contributed by atoms with Crippen LogP contribution in [0.25, 0.3) is 0 Å². The highest BCUT2D eigenvalue weighted by atomic mass is 32.1. The van der Waals surface area contributed by atoms with Gasteiger partial charge in [-0.3, -0.25) is 0 Å². The molecular weight excluding hydrogens is 238 g/mol. The topological polar surface area (TPSA) is 37.8 Å². The van der Waals surface area contributed by atoms with Crippen molar-refractivity contribution in [3.63, 3.8) is 0 Å². The third-order valence-corrected chi connectivity index (χ3v) is 4.00. The Kier molecular flexibility index (Phi) is 4.04. The van der Waals surface area contributed by atoms with E-state index in [0.717, 1.165) is 18.7 Å².